The quantitative estimate of drug-likeness (QED) is 0.290. The molecule has 0 saturated carbocycles. The number of aromatic nitrogens is 2. The van der Waals surface area contributed by atoms with Gasteiger partial charge in [0, 0.05) is 28.5 Å². The number of nitro groups is 1. The number of halogens is 1. The number of anilines is 3. The summed E-state index contributed by atoms with van der Waals surface area (Å²) in [6.45, 7) is 3.63. The standard InChI is InChI=1S/C18H16ClN5O3S2/c1-10-3-4-12(8-14(10)19)20-17-22-23-18(29-17)28-9-16(25)21-15-6-5-13(24(26)27)7-11(15)2/h3-8H,9H2,1-2H3,(H,20,22)(H,21,25). The van der Waals surface area contributed by atoms with E-state index in [0.717, 1.165) is 11.3 Å². The predicted octanol–water partition coefficient (Wildman–Crippen LogP) is 5.19. The van der Waals surface area contributed by atoms with Gasteiger partial charge in [-0.2, -0.15) is 0 Å². The summed E-state index contributed by atoms with van der Waals surface area (Å²) in [6.07, 6.45) is 0. The third-order valence-electron chi connectivity index (χ3n) is 3.85. The second-order valence-electron chi connectivity index (χ2n) is 6.06. The summed E-state index contributed by atoms with van der Waals surface area (Å²) in [5.41, 5.74) is 2.94. The Kier molecular flexibility index (Phi) is 6.68. The number of thioether (sulfide) groups is 1. The SMILES string of the molecule is Cc1ccc(Nc2nnc(SCC(=O)Nc3ccc([N+](=O)[O-])cc3C)s2)cc1Cl. The molecule has 0 spiro atoms. The lowest BCUT2D eigenvalue weighted by molar-refractivity contribution is -0.384. The van der Waals surface area contributed by atoms with E-state index in [1.54, 1.807) is 6.92 Å². The molecule has 2 aromatic carbocycles. The van der Waals surface area contributed by atoms with Gasteiger partial charge < -0.3 is 10.6 Å². The zero-order valence-corrected chi connectivity index (χ0v) is 17.8. The molecule has 8 nitrogen and oxygen atoms in total. The Labute approximate surface area is 179 Å². The van der Waals surface area contributed by atoms with E-state index in [0.29, 0.717) is 25.7 Å². The second kappa shape index (κ2) is 9.21. The first kappa shape index (κ1) is 21.0. The van der Waals surface area contributed by atoms with Gasteiger partial charge in [-0.15, -0.1) is 10.2 Å². The first-order chi connectivity index (χ1) is 13.8. The number of aryl methyl sites for hydroxylation is 2. The van der Waals surface area contributed by atoms with Gasteiger partial charge in [0.2, 0.25) is 11.0 Å². The molecule has 0 unspecified atom stereocenters. The van der Waals surface area contributed by atoms with Crippen LogP contribution < -0.4 is 10.6 Å². The number of hydrogen-bond acceptors (Lipinski definition) is 8. The molecule has 1 heterocycles. The van der Waals surface area contributed by atoms with E-state index in [4.69, 9.17) is 11.6 Å². The van der Waals surface area contributed by atoms with Gasteiger partial charge in [0.25, 0.3) is 5.69 Å². The fraction of sp³-hybridized carbons (Fsp3) is 0.167. The van der Waals surface area contributed by atoms with Gasteiger partial charge in [-0.05, 0) is 43.2 Å². The molecule has 0 aliphatic heterocycles. The molecule has 29 heavy (non-hydrogen) atoms. The smallest absolute Gasteiger partial charge is 0.269 e. The fourth-order valence-corrected chi connectivity index (χ4v) is 4.08. The van der Waals surface area contributed by atoms with Crippen LogP contribution in [0.5, 0.6) is 0 Å². The Balaban J connectivity index is 1.54. The molecular formula is C18H16ClN5O3S2. The second-order valence-corrected chi connectivity index (χ2v) is 8.66. The van der Waals surface area contributed by atoms with Crippen molar-refractivity contribution in [2.75, 3.05) is 16.4 Å². The summed E-state index contributed by atoms with van der Waals surface area (Å²) in [5, 5.41) is 26.0. The molecule has 3 rings (SSSR count). The molecule has 0 saturated heterocycles. The zero-order valence-electron chi connectivity index (χ0n) is 15.4. The van der Waals surface area contributed by atoms with Crippen molar-refractivity contribution in [2.24, 2.45) is 0 Å². The Bertz CT molecular complexity index is 1070. The third kappa shape index (κ3) is 5.66. The number of nitrogens with zero attached hydrogens (tertiary/aromatic N) is 3. The lowest BCUT2D eigenvalue weighted by Crippen LogP contribution is -2.14. The van der Waals surface area contributed by atoms with Crippen molar-refractivity contribution in [2.45, 2.75) is 18.2 Å². The molecule has 11 heteroatoms. The summed E-state index contributed by atoms with van der Waals surface area (Å²) in [5.74, 6) is -0.0940. The number of carbonyl (C=O) groups excluding carboxylic acids is 1. The highest BCUT2D eigenvalue weighted by atomic mass is 35.5. The molecule has 2 N–H and O–H groups in total. The average molecular weight is 450 g/mol. The van der Waals surface area contributed by atoms with Crippen LogP contribution in [0.3, 0.4) is 0 Å². The van der Waals surface area contributed by atoms with E-state index in [1.165, 1.54) is 41.3 Å². The largest absolute Gasteiger partial charge is 0.330 e. The van der Waals surface area contributed by atoms with Crippen LogP contribution in [-0.4, -0.2) is 26.8 Å². The molecule has 0 aliphatic carbocycles. The highest BCUT2D eigenvalue weighted by molar-refractivity contribution is 8.01. The number of nitrogens with one attached hydrogen (secondary N) is 2. The highest BCUT2D eigenvalue weighted by Crippen LogP contribution is 2.29. The normalized spacial score (nSPS) is 10.6. The molecule has 1 aromatic heterocycles. The molecular weight excluding hydrogens is 434 g/mol. The number of rotatable bonds is 7. The van der Waals surface area contributed by atoms with Crippen LogP contribution in [0.2, 0.25) is 5.02 Å². The average Bonchev–Trinajstić information content (AvgIpc) is 3.12. The van der Waals surface area contributed by atoms with Crippen LogP contribution in [0.15, 0.2) is 40.7 Å². The Morgan fingerprint density at radius 2 is 2.00 bits per heavy atom. The maximum atomic E-state index is 12.2. The summed E-state index contributed by atoms with van der Waals surface area (Å²) < 4.78 is 0.640. The van der Waals surface area contributed by atoms with Crippen LogP contribution >= 0.6 is 34.7 Å². The summed E-state index contributed by atoms with van der Waals surface area (Å²) in [7, 11) is 0. The number of non-ortho nitro benzene ring substituents is 1. The number of carbonyl (C=O) groups is 1. The van der Waals surface area contributed by atoms with Gasteiger partial charge in [-0.25, -0.2) is 0 Å². The van der Waals surface area contributed by atoms with Crippen molar-refractivity contribution < 1.29 is 9.72 Å². The Morgan fingerprint density at radius 3 is 2.69 bits per heavy atom. The number of nitro benzene ring substituents is 1. The maximum absolute atomic E-state index is 12.2. The van der Waals surface area contributed by atoms with E-state index in [1.807, 2.05) is 25.1 Å². The van der Waals surface area contributed by atoms with Crippen molar-refractivity contribution in [3.05, 3.63) is 62.7 Å². The molecule has 0 fully saturated rings. The maximum Gasteiger partial charge on any atom is 0.269 e. The van der Waals surface area contributed by atoms with Crippen molar-refractivity contribution in [3.8, 4) is 0 Å². The minimum Gasteiger partial charge on any atom is -0.330 e. The molecule has 0 aliphatic rings. The Morgan fingerprint density at radius 1 is 1.21 bits per heavy atom. The molecule has 0 atom stereocenters. The molecule has 3 aromatic rings. The van der Waals surface area contributed by atoms with Crippen LogP contribution in [0.25, 0.3) is 0 Å². The highest BCUT2D eigenvalue weighted by Gasteiger charge is 2.12. The molecule has 1 amide bonds. The van der Waals surface area contributed by atoms with Crippen LogP contribution in [0.1, 0.15) is 11.1 Å². The lowest BCUT2D eigenvalue weighted by Gasteiger charge is -2.07. The number of amides is 1. The summed E-state index contributed by atoms with van der Waals surface area (Å²) in [4.78, 5) is 22.5. The molecule has 0 radical (unpaired) electrons. The van der Waals surface area contributed by atoms with E-state index in [-0.39, 0.29) is 17.3 Å². The van der Waals surface area contributed by atoms with Gasteiger partial charge in [0.1, 0.15) is 0 Å². The van der Waals surface area contributed by atoms with Gasteiger partial charge >= 0.3 is 0 Å². The fourth-order valence-electron chi connectivity index (χ4n) is 2.33. The number of benzene rings is 2. The predicted molar refractivity (Wildman–Crippen MR) is 117 cm³/mol. The van der Waals surface area contributed by atoms with Crippen molar-refractivity contribution in [3.63, 3.8) is 0 Å². The first-order valence-corrected chi connectivity index (χ1v) is 10.5. The monoisotopic (exact) mass is 449 g/mol. The van der Waals surface area contributed by atoms with E-state index in [9.17, 15) is 14.9 Å². The molecule has 150 valence electrons. The zero-order chi connectivity index (χ0) is 21.0. The van der Waals surface area contributed by atoms with Gasteiger partial charge in [-0.1, -0.05) is 40.8 Å². The van der Waals surface area contributed by atoms with Crippen LogP contribution in [-0.2, 0) is 4.79 Å². The van der Waals surface area contributed by atoms with Crippen LogP contribution in [0, 0.1) is 24.0 Å². The van der Waals surface area contributed by atoms with E-state index < -0.39 is 4.92 Å². The Hall–Kier alpha value is -2.69. The summed E-state index contributed by atoms with van der Waals surface area (Å²) in [6, 6.07) is 9.92. The topological polar surface area (TPSA) is 110 Å². The first-order valence-electron chi connectivity index (χ1n) is 8.36. The summed E-state index contributed by atoms with van der Waals surface area (Å²) >= 11 is 8.70. The lowest BCUT2D eigenvalue weighted by atomic mass is 10.2. The van der Waals surface area contributed by atoms with Crippen LogP contribution in [0.4, 0.5) is 22.2 Å². The third-order valence-corrected chi connectivity index (χ3v) is 6.23. The minimum atomic E-state index is -0.472. The van der Waals surface area contributed by atoms with Crippen molar-refractivity contribution >= 4 is 62.8 Å². The van der Waals surface area contributed by atoms with E-state index >= 15 is 0 Å². The molecule has 0 bridgehead atoms. The van der Waals surface area contributed by atoms with Gasteiger partial charge in [0.15, 0.2) is 4.34 Å². The minimum absolute atomic E-state index is 0.0152. The van der Waals surface area contributed by atoms with Crippen molar-refractivity contribution in [1.29, 1.82) is 0 Å². The van der Waals surface area contributed by atoms with E-state index in [2.05, 4.69) is 20.8 Å². The van der Waals surface area contributed by atoms with Gasteiger partial charge in [-0.3, -0.25) is 14.9 Å². The van der Waals surface area contributed by atoms with Crippen molar-refractivity contribution in [1.82, 2.24) is 10.2 Å². The van der Waals surface area contributed by atoms with Gasteiger partial charge in [0.05, 0.1) is 10.7 Å². The number of hydrogen-bond donors (Lipinski definition) is 2.